The van der Waals surface area contributed by atoms with E-state index in [1.165, 1.54) is 6.92 Å². The van der Waals surface area contributed by atoms with E-state index in [0.717, 1.165) is 6.42 Å². The topological polar surface area (TPSA) is 110 Å². The number of rotatable bonds is 6. The highest BCUT2D eigenvalue weighted by molar-refractivity contribution is 5.79. The van der Waals surface area contributed by atoms with Gasteiger partial charge in [-0.15, -0.1) is 0 Å². The number of nitrogens with two attached hydrogens (primary N) is 2. The van der Waals surface area contributed by atoms with E-state index < -0.39 is 17.6 Å². The van der Waals surface area contributed by atoms with Gasteiger partial charge in [-0.05, 0) is 32.7 Å². The van der Waals surface area contributed by atoms with E-state index in [-0.39, 0.29) is 6.42 Å². The van der Waals surface area contributed by atoms with Crippen molar-refractivity contribution in [3.63, 3.8) is 0 Å². The number of hydrogen-bond donors (Lipinski definition) is 4. The summed E-state index contributed by atoms with van der Waals surface area (Å²) in [5.41, 5.74) is 9.26. The molecule has 0 aliphatic carbocycles. The number of hydrogen-bond acceptors (Lipinski definition) is 4. The predicted octanol–water partition coefficient (Wildman–Crippen LogP) is -0.722. The molecule has 2 unspecified atom stereocenters. The molecule has 2 atom stereocenters. The van der Waals surface area contributed by atoms with E-state index in [1.807, 2.05) is 0 Å². The Bertz CT molecular complexity index is 173. The number of aliphatic hydroxyl groups is 1. The molecule has 0 aliphatic rings. The van der Waals surface area contributed by atoms with E-state index in [2.05, 4.69) is 0 Å². The molecule has 13 heavy (non-hydrogen) atoms. The Hall–Kier alpha value is -0.650. The molecule has 0 aliphatic heterocycles. The fourth-order valence-corrected chi connectivity index (χ4v) is 1.06. The minimum atomic E-state index is -1.53. The monoisotopic (exact) mass is 190 g/mol. The summed E-state index contributed by atoms with van der Waals surface area (Å²) in [5.74, 6) is -1.17. The summed E-state index contributed by atoms with van der Waals surface area (Å²) in [7, 11) is 0. The van der Waals surface area contributed by atoms with Gasteiger partial charge in [-0.25, -0.2) is 0 Å². The van der Waals surface area contributed by atoms with Gasteiger partial charge in [-0.1, -0.05) is 0 Å². The molecule has 6 N–H and O–H groups in total. The van der Waals surface area contributed by atoms with Crippen LogP contribution in [0.5, 0.6) is 0 Å². The standard InChI is InChI=1S/C8H18N2O3/c1-6(11)8(10,7(12)13)4-2-3-5-9/h6,11H,2-5,9-10H2,1H3,(H,12,13). The third-order valence-corrected chi connectivity index (χ3v) is 2.19. The van der Waals surface area contributed by atoms with E-state index in [4.69, 9.17) is 16.6 Å². The van der Waals surface area contributed by atoms with Gasteiger partial charge in [0.15, 0.2) is 0 Å². The molecule has 0 spiro atoms. The average molecular weight is 190 g/mol. The summed E-state index contributed by atoms with van der Waals surface area (Å²) < 4.78 is 0. The van der Waals surface area contributed by atoms with Crippen LogP contribution in [0.2, 0.25) is 0 Å². The summed E-state index contributed by atoms with van der Waals surface area (Å²) in [6.45, 7) is 1.89. The van der Waals surface area contributed by atoms with Gasteiger partial charge in [-0.2, -0.15) is 0 Å². The van der Waals surface area contributed by atoms with E-state index >= 15 is 0 Å². The van der Waals surface area contributed by atoms with Crippen LogP contribution in [0.3, 0.4) is 0 Å². The Balaban J connectivity index is 4.17. The lowest BCUT2D eigenvalue weighted by Gasteiger charge is -2.27. The maximum absolute atomic E-state index is 10.7. The van der Waals surface area contributed by atoms with Gasteiger partial charge in [0.05, 0.1) is 6.10 Å². The lowest BCUT2D eigenvalue weighted by Crippen LogP contribution is -2.56. The van der Waals surface area contributed by atoms with Gasteiger partial charge in [0.25, 0.3) is 0 Å². The first-order chi connectivity index (χ1) is 5.95. The quantitative estimate of drug-likeness (QED) is 0.413. The average Bonchev–Trinajstić information content (AvgIpc) is 2.03. The van der Waals surface area contributed by atoms with Crippen molar-refractivity contribution in [3.05, 3.63) is 0 Å². The lowest BCUT2D eigenvalue weighted by molar-refractivity contribution is -0.148. The zero-order chi connectivity index (χ0) is 10.5. The molecule has 0 aromatic rings. The number of carboxylic acid groups (broad SMARTS) is 1. The molecule has 0 aromatic carbocycles. The van der Waals surface area contributed by atoms with Crippen molar-refractivity contribution in [1.29, 1.82) is 0 Å². The van der Waals surface area contributed by atoms with E-state index in [0.29, 0.717) is 13.0 Å². The van der Waals surface area contributed by atoms with Gasteiger partial charge in [0, 0.05) is 0 Å². The zero-order valence-corrected chi connectivity index (χ0v) is 7.86. The minimum Gasteiger partial charge on any atom is -0.480 e. The first-order valence-electron chi connectivity index (χ1n) is 4.35. The van der Waals surface area contributed by atoms with Crippen LogP contribution >= 0.6 is 0 Å². The number of carboxylic acids is 1. The normalized spacial score (nSPS) is 17.8. The minimum absolute atomic E-state index is 0.247. The molecule has 0 heterocycles. The molecule has 78 valence electrons. The summed E-state index contributed by atoms with van der Waals surface area (Å²) in [6, 6.07) is 0. The van der Waals surface area contributed by atoms with Crippen molar-refractivity contribution in [2.24, 2.45) is 11.5 Å². The lowest BCUT2D eigenvalue weighted by atomic mass is 9.88. The number of aliphatic carboxylic acids is 1. The molecule has 0 saturated heterocycles. The van der Waals surface area contributed by atoms with Crippen LogP contribution in [0.15, 0.2) is 0 Å². The van der Waals surface area contributed by atoms with Gasteiger partial charge in [-0.3, -0.25) is 4.79 Å². The molecule has 5 nitrogen and oxygen atoms in total. The highest BCUT2D eigenvalue weighted by Crippen LogP contribution is 2.16. The van der Waals surface area contributed by atoms with Gasteiger partial charge in [0.2, 0.25) is 0 Å². The Morgan fingerprint density at radius 2 is 2.08 bits per heavy atom. The molecule has 0 bridgehead atoms. The second-order valence-corrected chi connectivity index (χ2v) is 3.27. The fraction of sp³-hybridized carbons (Fsp3) is 0.875. The Morgan fingerprint density at radius 3 is 2.38 bits per heavy atom. The highest BCUT2D eigenvalue weighted by Gasteiger charge is 2.38. The third kappa shape index (κ3) is 3.30. The SMILES string of the molecule is CC(O)C(N)(CCCCN)C(=O)O. The van der Waals surface area contributed by atoms with Crippen molar-refractivity contribution < 1.29 is 15.0 Å². The summed E-state index contributed by atoms with van der Waals surface area (Å²) in [4.78, 5) is 10.7. The van der Waals surface area contributed by atoms with Crippen LogP contribution in [-0.4, -0.2) is 34.4 Å². The number of aliphatic hydroxyl groups excluding tert-OH is 1. The van der Waals surface area contributed by atoms with Gasteiger partial charge < -0.3 is 21.7 Å². The molecule has 0 rings (SSSR count). The third-order valence-electron chi connectivity index (χ3n) is 2.19. The smallest absolute Gasteiger partial charge is 0.326 e. The molecule has 0 amide bonds. The zero-order valence-electron chi connectivity index (χ0n) is 7.86. The molecule has 0 aromatic heterocycles. The van der Waals surface area contributed by atoms with Crippen LogP contribution in [0.1, 0.15) is 26.2 Å². The summed E-state index contributed by atoms with van der Waals surface area (Å²) in [6.07, 6.45) is 0.531. The van der Waals surface area contributed by atoms with Crippen molar-refractivity contribution in [2.45, 2.75) is 37.8 Å². The Labute approximate surface area is 77.7 Å². The number of carbonyl (C=O) groups is 1. The van der Waals surface area contributed by atoms with Crippen LogP contribution in [0.4, 0.5) is 0 Å². The molecular weight excluding hydrogens is 172 g/mol. The molecular formula is C8H18N2O3. The first-order valence-corrected chi connectivity index (χ1v) is 4.35. The van der Waals surface area contributed by atoms with Crippen molar-refractivity contribution in [2.75, 3.05) is 6.54 Å². The molecule has 0 radical (unpaired) electrons. The van der Waals surface area contributed by atoms with Gasteiger partial charge >= 0.3 is 5.97 Å². The van der Waals surface area contributed by atoms with Crippen LogP contribution in [0, 0.1) is 0 Å². The summed E-state index contributed by atoms with van der Waals surface area (Å²) >= 11 is 0. The Kier molecular flexibility index (Phi) is 4.90. The second kappa shape index (κ2) is 5.16. The van der Waals surface area contributed by atoms with E-state index in [9.17, 15) is 9.90 Å². The fourth-order valence-electron chi connectivity index (χ4n) is 1.06. The summed E-state index contributed by atoms with van der Waals surface area (Å²) in [5, 5.41) is 18.0. The molecule has 5 heteroatoms. The molecule has 0 saturated carbocycles. The Morgan fingerprint density at radius 1 is 1.54 bits per heavy atom. The maximum Gasteiger partial charge on any atom is 0.326 e. The first kappa shape index (κ1) is 12.3. The van der Waals surface area contributed by atoms with Gasteiger partial charge in [0.1, 0.15) is 5.54 Å². The van der Waals surface area contributed by atoms with Crippen molar-refractivity contribution in [3.8, 4) is 0 Å². The second-order valence-electron chi connectivity index (χ2n) is 3.27. The van der Waals surface area contributed by atoms with Crippen LogP contribution in [0.25, 0.3) is 0 Å². The van der Waals surface area contributed by atoms with Crippen molar-refractivity contribution >= 4 is 5.97 Å². The number of unbranched alkanes of at least 4 members (excludes halogenated alkanes) is 1. The predicted molar refractivity (Wildman–Crippen MR) is 49.1 cm³/mol. The highest BCUT2D eigenvalue weighted by atomic mass is 16.4. The van der Waals surface area contributed by atoms with Crippen molar-refractivity contribution in [1.82, 2.24) is 0 Å². The largest absolute Gasteiger partial charge is 0.480 e. The van der Waals surface area contributed by atoms with Crippen LogP contribution < -0.4 is 11.5 Å². The van der Waals surface area contributed by atoms with Crippen LogP contribution in [-0.2, 0) is 4.79 Å². The molecule has 0 fully saturated rings. The maximum atomic E-state index is 10.7. The van der Waals surface area contributed by atoms with E-state index in [1.54, 1.807) is 0 Å².